The van der Waals surface area contributed by atoms with E-state index >= 15 is 0 Å². The van der Waals surface area contributed by atoms with Crippen molar-refractivity contribution in [3.63, 3.8) is 0 Å². The number of unbranched alkanes of at least 4 members (excludes halogenated alkanes) is 1. The van der Waals surface area contributed by atoms with E-state index in [1.54, 1.807) is 47.3 Å². The lowest BCUT2D eigenvalue weighted by molar-refractivity contribution is -0.120. The molecular weight excluding hydrogens is 485 g/mol. The van der Waals surface area contributed by atoms with Gasteiger partial charge in [-0.15, -0.1) is 0 Å². The number of amides is 2. The second-order valence-corrected chi connectivity index (χ2v) is 8.42. The minimum Gasteiger partial charge on any atom is -0.494 e. The molecule has 4 aromatic rings. The Bertz CT molecular complexity index is 1380. The highest BCUT2D eigenvalue weighted by Gasteiger charge is 2.12. The lowest BCUT2D eigenvalue weighted by atomic mass is 10.1. The van der Waals surface area contributed by atoms with Crippen molar-refractivity contribution in [2.45, 2.75) is 19.8 Å². The number of nitrogens with one attached hydrogen (secondary N) is 2. The van der Waals surface area contributed by atoms with E-state index in [2.05, 4.69) is 27.9 Å². The zero-order chi connectivity index (χ0) is 26.7. The van der Waals surface area contributed by atoms with Crippen LogP contribution < -0.4 is 15.5 Å². The van der Waals surface area contributed by atoms with E-state index in [0.717, 1.165) is 18.5 Å². The summed E-state index contributed by atoms with van der Waals surface area (Å²) in [4.78, 5) is 24.6. The van der Waals surface area contributed by atoms with Crippen LogP contribution in [0.5, 0.6) is 5.75 Å². The zero-order valence-electron chi connectivity index (χ0n) is 20.9. The fraction of sp³-hybridized carbons (Fsp3) is 0.172. The van der Waals surface area contributed by atoms with Crippen molar-refractivity contribution < 1.29 is 18.7 Å². The molecule has 0 saturated carbocycles. The van der Waals surface area contributed by atoms with Crippen LogP contribution in [0.3, 0.4) is 0 Å². The first-order valence-corrected chi connectivity index (χ1v) is 12.3. The average molecular weight is 514 g/mol. The van der Waals surface area contributed by atoms with Crippen molar-refractivity contribution in [3.8, 4) is 22.7 Å². The van der Waals surface area contributed by atoms with E-state index in [0.29, 0.717) is 34.7 Å². The molecule has 0 radical (unpaired) electrons. The maximum atomic E-state index is 13.4. The lowest BCUT2D eigenvalue weighted by Crippen LogP contribution is -2.34. The molecule has 1 heterocycles. The summed E-state index contributed by atoms with van der Waals surface area (Å²) in [5.74, 6) is -0.533. The van der Waals surface area contributed by atoms with E-state index in [4.69, 9.17) is 4.74 Å². The van der Waals surface area contributed by atoms with E-state index in [1.807, 2.05) is 30.3 Å². The Balaban J connectivity index is 1.36. The molecule has 1 aromatic heterocycles. The zero-order valence-corrected chi connectivity index (χ0v) is 20.9. The smallest absolute Gasteiger partial charge is 0.259 e. The quantitative estimate of drug-likeness (QED) is 0.172. The number of carbonyl (C=O) groups excluding carboxylic acids is 2. The van der Waals surface area contributed by atoms with Gasteiger partial charge in [-0.1, -0.05) is 31.5 Å². The van der Waals surface area contributed by atoms with Gasteiger partial charge in [0.05, 0.1) is 25.1 Å². The Morgan fingerprint density at radius 3 is 2.47 bits per heavy atom. The number of rotatable bonds is 11. The van der Waals surface area contributed by atoms with Crippen LogP contribution in [0.1, 0.15) is 35.7 Å². The Kier molecular flexibility index (Phi) is 8.96. The molecule has 0 saturated heterocycles. The van der Waals surface area contributed by atoms with Crippen LogP contribution in [-0.4, -0.2) is 41.0 Å². The largest absolute Gasteiger partial charge is 0.494 e. The van der Waals surface area contributed by atoms with Crippen molar-refractivity contribution >= 4 is 18.0 Å². The van der Waals surface area contributed by atoms with Crippen LogP contribution in [-0.2, 0) is 4.79 Å². The Morgan fingerprint density at radius 2 is 1.76 bits per heavy atom. The van der Waals surface area contributed by atoms with E-state index in [1.165, 1.54) is 18.3 Å². The predicted octanol–water partition coefficient (Wildman–Crippen LogP) is 4.74. The monoisotopic (exact) mass is 513 g/mol. The predicted molar refractivity (Wildman–Crippen MR) is 144 cm³/mol. The van der Waals surface area contributed by atoms with Crippen LogP contribution in [0.25, 0.3) is 16.9 Å². The fourth-order valence-corrected chi connectivity index (χ4v) is 3.54. The second kappa shape index (κ2) is 13.0. The molecule has 38 heavy (non-hydrogen) atoms. The number of hydrazone groups is 1. The molecule has 0 fully saturated rings. The first-order valence-electron chi connectivity index (χ1n) is 12.3. The van der Waals surface area contributed by atoms with Gasteiger partial charge in [-0.3, -0.25) is 9.59 Å². The van der Waals surface area contributed by atoms with Gasteiger partial charge in [-0.2, -0.15) is 10.2 Å². The van der Waals surface area contributed by atoms with Crippen LogP contribution in [0.15, 0.2) is 90.2 Å². The summed E-state index contributed by atoms with van der Waals surface area (Å²) in [6.45, 7) is 2.46. The molecule has 0 bridgehead atoms. The number of carbonyl (C=O) groups is 2. The minimum absolute atomic E-state index is 0.251. The van der Waals surface area contributed by atoms with E-state index < -0.39 is 5.91 Å². The summed E-state index contributed by atoms with van der Waals surface area (Å²) in [6.07, 6.45) is 5.23. The topological polar surface area (TPSA) is 97.6 Å². The van der Waals surface area contributed by atoms with E-state index in [9.17, 15) is 14.0 Å². The van der Waals surface area contributed by atoms with Crippen LogP contribution in [0, 0.1) is 5.82 Å². The molecule has 0 aliphatic carbocycles. The Hall–Kier alpha value is -4.79. The normalized spacial score (nSPS) is 10.9. The summed E-state index contributed by atoms with van der Waals surface area (Å²) in [7, 11) is 0. The fourth-order valence-electron chi connectivity index (χ4n) is 3.54. The number of hydrogen-bond acceptors (Lipinski definition) is 5. The first kappa shape index (κ1) is 26.3. The van der Waals surface area contributed by atoms with Gasteiger partial charge in [0, 0.05) is 22.9 Å². The highest BCUT2D eigenvalue weighted by molar-refractivity contribution is 5.96. The average Bonchev–Trinajstić information content (AvgIpc) is 3.37. The molecule has 9 heteroatoms. The lowest BCUT2D eigenvalue weighted by Gasteiger charge is -2.07. The Labute approximate surface area is 220 Å². The molecule has 2 N–H and O–H groups in total. The highest BCUT2D eigenvalue weighted by atomic mass is 19.1. The van der Waals surface area contributed by atoms with Crippen LogP contribution in [0.4, 0.5) is 4.39 Å². The SMILES string of the molecule is CCCCOc1ccc(C(=O)NCC(=O)N/N=C/c2cn(-c3ccccc3)nc2-c2ccc(F)cc2)cc1. The summed E-state index contributed by atoms with van der Waals surface area (Å²) in [5, 5.41) is 11.2. The van der Waals surface area contributed by atoms with Gasteiger partial charge in [0.2, 0.25) is 0 Å². The molecule has 0 aliphatic rings. The van der Waals surface area contributed by atoms with Gasteiger partial charge in [0.25, 0.3) is 11.8 Å². The van der Waals surface area contributed by atoms with Crippen molar-refractivity contribution in [3.05, 3.63) is 102 Å². The minimum atomic E-state index is -0.493. The second-order valence-electron chi connectivity index (χ2n) is 8.42. The van der Waals surface area contributed by atoms with Crippen molar-refractivity contribution in [2.24, 2.45) is 5.10 Å². The summed E-state index contributed by atoms with van der Waals surface area (Å²) >= 11 is 0. The number of aromatic nitrogens is 2. The van der Waals surface area contributed by atoms with Gasteiger partial charge in [-0.25, -0.2) is 14.5 Å². The third-order valence-corrected chi connectivity index (χ3v) is 5.57. The third kappa shape index (κ3) is 7.13. The van der Waals surface area contributed by atoms with Crippen LogP contribution >= 0.6 is 0 Å². The van der Waals surface area contributed by atoms with Crippen LogP contribution in [0.2, 0.25) is 0 Å². The molecule has 2 amide bonds. The molecule has 0 atom stereocenters. The molecule has 8 nitrogen and oxygen atoms in total. The van der Waals surface area contributed by atoms with Gasteiger partial charge >= 0.3 is 0 Å². The number of hydrogen-bond donors (Lipinski definition) is 2. The number of benzene rings is 3. The summed E-state index contributed by atoms with van der Waals surface area (Å²) < 4.78 is 20.7. The summed E-state index contributed by atoms with van der Waals surface area (Å²) in [5.41, 5.74) is 5.55. The molecule has 4 rings (SSSR count). The highest BCUT2D eigenvalue weighted by Crippen LogP contribution is 2.23. The van der Waals surface area contributed by atoms with Gasteiger partial charge in [0.15, 0.2) is 0 Å². The van der Waals surface area contributed by atoms with Crippen molar-refractivity contribution in [1.82, 2.24) is 20.5 Å². The third-order valence-electron chi connectivity index (χ3n) is 5.57. The van der Waals surface area contributed by atoms with Crippen molar-refractivity contribution in [2.75, 3.05) is 13.2 Å². The van der Waals surface area contributed by atoms with Gasteiger partial charge < -0.3 is 10.1 Å². The Morgan fingerprint density at radius 1 is 1.03 bits per heavy atom. The number of nitrogens with zero attached hydrogens (tertiary/aromatic N) is 3. The van der Waals surface area contributed by atoms with Gasteiger partial charge in [-0.05, 0) is 67.1 Å². The molecule has 0 aliphatic heterocycles. The van der Waals surface area contributed by atoms with Crippen molar-refractivity contribution in [1.29, 1.82) is 0 Å². The number of para-hydroxylation sites is 1. The molecular formula is C29H28FN5O3. The maximum Gasteiger partial charge on any atom is 0.259 e. The molecule has 0 unspecified atom stereocenters. The first-order chi connectivity index (χ1) is 18.5. The van der Waals surface area contributed by atoms with E-state index in [-0.39, 0.29) is 18.3 Å². The summed E-state index contributed by atoms with van der Waals surface area (Å²) in [6, 6.07) is 22.2. The van der Waals surface area contributed by atoms with Gasteiger partial charge in [0.1, 0.15) is 17.3 Å². The maximum absolute atomic E-state index is 13.4. The number of halogens is 1. The standard InChI is InChI=1S/C29H28FN5O3/c1-2-3-17-38-26-15-11-22(12-16-26)29(37)31-19-27(36)33-32-18-23-20-35(25-7-5-4-6-8-25)34-28(23)21-9-13-24(30)14-10-21/h4-16,18,20H,2-3,17,19H2,1H3,(H,31,37)(H,33,36)/b32-18+. The molecule has 3 aromatic carbocycles. The molecule has 0 spiro atoms. The molecule has 194 valence electrons. The number of ether oxygens (including phenoxy) is 1.